The second-order valence-electron chi connectivity index (χ2n) is 9.69. The standard InChI is InChI=1S/C31H48O4/c1-9-13-22(2)14-10-15-23(3)16-11-17-24(4)18-12-19-25(5)20-21-27-26(6)28(32)30(34-7)31(35-8)29(27)33/h14,16,18,20-21,25,32-33H,9-13,15,17,19H2,1-8H3/b21-20+,22-14+,23-16+,24-18+. The van der Waals surface area contributed by atoms with Gasteiger partial charge in [-0.2, -0.15) is 0 Å². The van der Waals surface area contributed by atoms with E-state index in [4.69, 9.17) is 9.47 Å². The van der Waals surface area contributed by atoms with Crippen molar-refractivity contribution in [2.45, 2.75) is 92.9 Å². The fraction of sp³-hybridized carbons (Fsp3) is 0.548. The predicted molar refractivity (Wildman–Crippen MR) is 150 cm³/mol. The van der Waals surface area contributed by atoms with Crippen molar-refractivity contribution < 1.29 is 19.7 Å². The maximum absolute atomic E-state index is 10.6. The molecule has 4 heteroatoms. The minimum Gasteiger partial charge on any atom is -0.504 e. The average molecular weight is 485 g/mol. The zero-order valence-electron chi connectivity index (χ0n) is 23.3. The topological polar surface area (TPSA) is 58.9 Å². The summed E-state index contributed by atoms with van der Waals surface area (Å²) in [4.78, 5) is 0. The second-order valence-corrected chi connectivity index (χ2v) is 9.69. The third-order valence-electron chi connectivity index (χ3n) is 6.47. The van der Waals surface area contributed by atoms with Crippen molar-refractivity contribution in [1.82, 2.24) is 0 Å². The highest BCUT2D eigenvalue weighted by Crippen LogP contribution is 2.48. The molecule has 2 N–H and O–H groups in total. The van der Waals surface area contributed by atoms with E-state index in [1.165, 1.54) is 43.8 Å². The number of hydrogen-bond donors (Lipinski definition) is 2. The zero-order valence-corrected chi connectivity index (χ0v) is 23.3. The lowest BCUT2D eigenvalue weighted by molar-refractivity contribution is 0.315. The van der Waals surface area contributed by atoms with Gasteiger partial charge >= 0.3 is 0 Å². The van der Waals surface area contributed by atoms with Gasteiger partial charge in [0.15, 0.2) is 11.5 Å². The third kappa shape index (κ3) is 10.3. The van der Waals surface area contributed by atoms with E-state index in [0.717, 1.165) is 38.5 Å². The van der Waals surface area contributed by atoms with Gasteiger partial charge in [-0.3, -0.25) is 0 Å². The average Bonchev–Trinajstić information content (AvgIpc) is 2.81. The van der Waals surface area contributed by atoms with Crippen LogP contribution in [0.25, 0.3) is 6.08 Å². The Morgan fingerprint density at radius 2 is 1.29 bits per heavy atom. The summed E-state index contributed by atoms with van der Waals surface area (Å²) < 4.78 is 10.4. The quantitative estimate of drug-likeness (QED) is 0.192. The number of ether oxygens (including phenoxy) is 2. The first-order valence-corrected chi connectivity index (χ1v) is 13.0. The van der Waals surface area contributed by atoms with Crippen molar-refractivity contribution in [3.63, 3.8) is 0 Å². The van der Waals surface area contributed by atoms with E-state index >= 15 is 0 Å². The van der Waals surface area contributed by atoms with Gasteiger partial charge in [0.25, 0.3) is 0 Å². The highest BCUT2D eigenvalue weighted by molar-refractivity contribution is 5.74. The number of aromatic hydroxyl groups is 2. The van der Waals surface area contributed by atoms with Crippen LogP contribution in [0.1, 0.15) is 97.1 Å². The van der Waals surface area contributed by atoms with E-state index < -0.39 is 0 Å². The van der Waals surface area contributed by atoms with E-state index in [1.54, 1.807) is 6.92 Å². The van der Waals surface area contributed by atoms with E-state index in [0.29, 0.717) is 17.0 Å². The van der Waals surface area contributed by atoms with Gasteiger partial charge in [-0.15, -0.1) is 0 Å². The van der Waals surface area contributed by atoms with Crippen LogP contribution in [0.5, 0.6) is 23.0 Å². The van der Waals surface area contributed by atoms with Crippen LogP contribution >= 0.6 is 0 Å². The summed E-state index contributed by atoms with van der Waals surface area (Å²) >= 11 is 0. The van der Waals surface area contributed by atoms with Crippen LogP contribution in [-0.2, 0) is 0 Å². The Morgan fingerprint density at radius 1 is 0.800 bits per heavy atom. The highest BCUT2D eigenvalue weighted by atomic mass is 16.5. The van der Waals surface area contributed by atoms with Gasteiger partial charge in [-0.1, -0.05) is 67.4 Å². The molecule has 0 aromatic heterocycles. The molecule has 35 heavy (non-hydrogen) atoms. The smallest absolute Gasteiger partial charge is 0.207 e. The lowest BCUT2D eigenvalue weighted by Crippen LogP contribution is -1.96. The predicted octanol–water partition coefficient (Wildman–Crippen LogP) is 9.05. The summed E-state index contributed by atoms with van der Waals surface area (Å²) in [6.07, 6.45) is 20.0. The van der Waals surface area contributed by atoms with Crippen LogP contribution in [0.15, 0.2) is 41.0 Å². The lowest BCUT2D eigenvalue weighted by Gasteiger charge is -2.16. The largest absolute Gasteiger partial charge is 0.504 e. The van der Waals surface area contributed by atoms with Gasteiger partial charge in [-0.05, 0) is 78.6 Å². The van der Waals surface area contributed by atoms with E-state index in [9.17, 15) is 10.2 Å². The molecule has 0 radical (unpaired) electrons. The second kappa shape index (κ2) is 16.1. The summed E-state index contributed by atoms with van der Waals surface area (Å²) in [5, 5.41) is 21.0. The maximum atomic E-state index is 10.6. The van der Waals surface area contributed by atoms with Crippen molar-refractivity contribution in [1.29, 1.82) is 0 Å². The molecule has 0 amide bonds. The molecule has 1 aromatic rings. The number of allylic oxidation sites excluding steroid dienone is 7. The summed E-state index contributed by atoms with van der Waals surface area (Å²) in [5.74, 6) is 0.597. The Hall–Kier alpha value is -2.62. The molecule has 0 saturated heterocycles. The van der Waals surface area contributed by atoms with Crippen molar-refractivity contribution >= 4 is 6.08 Å². The minimum absolute atomic E-state index is 0.0135. The first-order chi connectivity index (χ1) is 16.7. The van der Waals surface area contributed by atoms with Crippen LogP contribution in [0.2, 0.25) is 0 Å². The first kappa shape index (κ1) is 30.4. The maximum Gasteiger partial charge on any atom is 0.207 e. The number of phenolic OH excluding ortho intramolecular Hbond substituents is 2. The van der Waals surface area contributed by atoms with Gasteiger partial charge in [-0.25, -0.2) is 0 Å². The Labute approximate surface area is 214 Å². The van der Waals surface area contributed by atoms with E-state index in [-0.39, 0.29) is 23.0 Å². The molecule has 1 unspecified atom stereocenters. The molecule has 196 valence electrons. The first-order valence-electron chi connectivity index (χ1n) is 13.0. The van der Waals surface area contributed by atoms with Gasteiger partial charge in [0.05, 0.1) is 14.2 Å². The molecule has 1 atom stereocenters. The Bertz CT molecular complexity index is 919. The Balaban J connectivity index is 2.57. The van der Waals surface area contributed by atoms with Gasteiger partial charge in [0.1, 0.15) is 0 Å². The van der Waals surface area contributed by atoms with Crippen molar-refractivity contribution in [2.24, 2.45) is 5.92 Å². The van der Waals surface area contributed by atoms with Gasteiger partial charge in [0.2, 0.25) is 11.5 Å². The molecule has 0 saturated carbocycles. The molecule has 1 rings (SSSR count). The van der Waals surface area contributed by atoms with Crippen molar-refractivity contribution in [3.05, 3.63) is 52.2 Å². The lowest BCUT2D eigenvalue weighted by atomic mass is 9.99. The normalized spacial score (nSPS) is 14.0. The van der Waals surface area contributed by atoms with E-state index in [2.05, 4.69) is 58.9 Å². The van der Waals surface area contributed by atoms with Crippen LogP contribution < -0.4 is 9.47 Å². The molecular formula is C31H48O4. The number of phenols is 2. The van der Waals surface area contributed by atoms with Crippen LogP contribution in [0.3, 0.4) is 0 Å². The molecule has 0 aliphatic rings. The molecule has 0 bridgehead atoms. The Kier molecular flexibility index (Phi) is 14.0. The zero-order chi connectivity index (χ0) is 26.4. The van der Waals surface area contributed by atoms with Crippen LogP contribution in [0, 0.1) is 12.8 Å². The molecule has 0 aliphatic heterocycles. The minimum atomic E-state index is -0.0192. The number of hydrogen-bond acceptors (Lipinski definition) is 4. The summed E-state index contributed by atoms with van der Waals surface area (Å²) in [6, 6.07) is 0. The molecule has 0 heterocycles. The van der Waals surface area contributed by atoms with Crippen molar-refractivity contribution in [2.75, 3.05) is 14.2 Å². The molecule has 0 aliphatic carbocycles. The monoisotopic (exact) mass is 484 g/mol. The number of benzene rings is 1. The van der Waals surface area contributed by atoms with Crippen LogP contribution in [-0.4, -0.2) is 24.4 Å². The van der Waals surface area contributed by atoms with Gasteiger partial charge in [0, 0.05) is 11.1 Å². The summed E-state index contributed by atoms with van der Waals surface area (Å²) in [5.41, 5.74) is 5.54. The van der Waals surface area contributed by atoms with Crippen LogP contribution in [0.4, 0.5) is 0 Å². The SMILES string of the molecule is CCC/C(C)=C/CC/C(C)=C/CC/C(C)=C/CCC(C)/C=C/c1c(C)c(O)c(OC)c(OC)c1O. The highest BCUT2D eigenvalue weighted by Gasteiger charge is 2.21. The Morgan fingerprint density at radius 3 is 1.80 bits per heavy atom. The molecule has 1 aromatic carbocycles. The fourth-order valence-corrected chi connectivity index (χ4v) is 4.14. The molecule has 0 fully saturated rings. The molecular weight excluding hydrogens is 436 g/mol. The summed E-state index contributed by atoms with van der Waals surface area (Å²) in [6.45, 7) is 12.8. The van der Waals surface area contributed by atoms with Crippen molar-refractivity contribution in [3.8, 4) is 23.0 Å². The molecule has 4 nitrogen and oxygen atoms in total. The number of methoxy groups -OCH3 is 2. The summed E-state index contributed by atoms with van der Waals surface area (Å²) in [7, 11) is 2.88. The number of rotatable bonds is 15. The van der Waals surface area contributed by atoms with Gasteiger partial charge < -0.3 is 19.7 Å². The van der Waals surface area contributed by atoms with E-state index in [1.807, 2.05) is 6.08 Å². The molecule has 0 spiro atoms. The fourth-order valence-electron chi connectivity index (χ4n) is 4.14. The third-order valence-corrected chi connectivity index (χ3v) is 6.47.